The molecule has 0 saturated heterocycles. The van der Waals surface area contributed by atoms with Crippen molar-refractivity contribution in [3.05, 3.63) is 143 Å². The first-order chi connectivity index (χ1) is 22.0. The van der Waals surface area contributed by atoms with Crippen molar-refractivity contribution in [2.75, 3.05) is 0 Å². The van der Waals surface area contributed by atoms with Crippen molar-refractivity contribution in [1.29, 1.82) is 0 Å². The molecule has 45 heavy (non-hydrogen) atoms. The van der Waals surface area contributed by atoms with Crippen LogP contribution < -0.4 is 0 Å². The van der Waals surface area contributed by atoms with E-state index < -0.39 is 5.41 Å². The summed E-state index contributed by atoms with van der Waals surface area (Å²) in [5.74, 6) is 0.459. The van der Waals surface area contributed by atoms with Gasteiger partial charge in [0.2, 0.25) is 10.6 Å². The number of halogens is 2. The predicted molar refractivity (Wildman–Crippen MR) is 184 cm³/mol. The van der Waals surface area contributed by atoms with Crippen LogP contribution in [0, 0.1) is 0 Å². The molecule has 0 bridgehead atoms. The third-order valence-corrected chi connectivity index (χ3v) is 10.3. The highest BCUT2D eigenvalue weighted by Crippen LogP contribution is 2.61. The van der Waals surface area contributed by atoms with Crippen LogP contribution >= 0.6 is 23.2 Å². The van der Waals surface area contributed by atoms with Crippen molar-refractivity contribution >= 4 is 55.8 Å². The van der Waals surface area contributed by atoms with Crippen molar-refractivity contribution < 1.29 is 0 Å². The van der Waals surface area contributed by atoms with E-state index in [9.17, 15) is 0 Å². The quantitative estimate of drug-likeness (QED) is 0.194. The van der Waals surface area contributed by atoms with Gasteiger partial charge in [-0.2, -0.15) is 15.0 Å². The Morgan fingerprint density at radius 2 is 1.33 bits per heavy atom. The Balaban J connectivity index is 1.47. The van der Waals surface area contributed by atoms with Gasteiger partial charge in [0.25, 0.3) is 0 Å². The molecule has 10 rings (SSSR count). The zero-order valence-electron chi connectivity index (χ0n) is 24.0. The molecule has 0 fully saturated rings. The second-order valence-corrected chi connectivity index (χ2v) is 12.7. The molecule has 0 N–H and O–H groups in total. The lowest BCUT2D eigenvalue weighted by Gasteiger charge is -2.29. The Kier molecular flexibility index (Phi) is 4.94. The van der Waals surface area contributed by atoms with E-state index in [0.717, 1.165) is 33.1 Å². The first kappa shape index (κ1) is 25.3. The molecule has 1 atom stereocenters. The molecular formula is C39H22Cl2N4. The number of para-hydroxylation sites is 2. The van der Waals surface area contributed by atoms with Crippen LogP contribution in [0.15, 0.2) is 115 Å². The molecular weight excluding hydrogens is 595 g/mol. The van der Waals surface area contributed by atoms with Crippen molar-refractivity contribution in [1.82, 2.24) is 19.5 Å². The molecule has 6 heteroatoms. The van der Waals surface area contributed by atoms with Crippen LogP contribution in [-0.2, 0) is 5.41 Å². The van der Waals surface area contributed by atoms with Gasteiger partial charge in [-0.1, -0.05) is 91.0 Å². The van der Waals surface area contributed by atoms with Gasteiger partial charge in [-0.15, -0.1) is 0 Å². The molecule has 0 amide bonds. The maximum absolute atomic E-state index is 6.42. The number of benzene rings is 6. The Morgan fingerprint density at radius 1 is 0.600 bits per heavy atom. The van der Waals surface area contributed by atoms with E-state index in [1.165, 1.54) is 49.7 Å². The molecule has 1 aliphatic carbocycles. The Morgan fingerprint density at radius 3 is 2.20 bits per heavy atom. The second-order valence-electron chi connectivity index (χ2n) is 12.1. The third kappa shape index (κ3) is 3.20. The highest BCUT2D eigenvalue weighted by atomic mass is 35.5. The number of aromatic nitrogens is 4. The number of hydrogen-bond donors (Lipinski definition) is 0. The van der Waals surface area contributed by atoms with E-state index in [2.05, 4.69) is 142 Å². The Labute approximate surface area is 268 Å². The molecule has 6 aromatic carbocycles. The number of nitrogens with zero attached hydrogens (tertiary/aromatic N) is 4. The van der Waals surface area contributed by atoms with E-state index in [1.54, 1.807) is 0 Å². The monoisotopic (exact) mass is 616 g/mol. The van der Waals surface area contributed by atoms with Gasteiger partial charge in [0.05, 0.1) is 16.7 Å². The largest absolute Gasteiger partial charge is 0.308 e. The zero-order valence-corrected chi connectivity index (χ0v) is 25.5. The van der Waals surface area contributed by atoms with Gasteiger partial charge in [0.1, 0.15) is 0 Å². The van der Waals surface area contributed by atoms with Gasteiger partial charge in [-0.05, 0) is 93.0 Å². The summed E-state index contributed by atoms with van der Waals surface area (Å²) in [6.45, 7) is 2.36. The number of fused-ring (bicyclic) bond motifs is 7. The van der Waals surface area contributed by atoms with Gasteiger partial charge in [-0.3, -0.25) is 0 Å². The highest BCUT2D eigenvalue weighted by Gasteiger charge is 2.45. The zero-order chi connectivity index (χ0) is 30.0. The van der Waals surface area contributed by atoms with Crippen molar-refractivity contribution in [3.63, 3.8) is 0 Å². The molecule has 0 radical (unpaired) electrons. The smallest absolute Gasteiger partial charge is 0.227 e. The van der Waals surface area contributed by atoms with E-state index in [0.29, 0.717) is 5.82 Å². The van der Waals surface area contributed by atoms with Crippen LogP contribution in [0.5, 0.6) is 0 Å². The standard InChI is InChI=1S/C39H22Cl2N4/c1-39(23-18-17-21-9-2-3-10-22(21)19-23)28-14-8-13-25-24-11-4-6-15-30(24)45-31-16-7-5-12-26(31)32-27(36-42-37(40)44-38(41)43-36)20-29(39)34(33(25)28)35(32)45/h2-20H,1H3. The molecule has 1 unspecified atom stereocenters. The molecule has 4 nitrogen and oxygen atoms in total. The van der Waals surface area contributed by atoms with Crippen molar-refractivity contribution in [2.45, 2.75) is 12.3 Å². The molecule has 2 aromatic heterocycles. The van der Waals surface area contributed by atoms with Crippen LogP contribution in [0.3, 0.4) is 0 Å². The van der Waals surface area contributed by atoms with Crippen LogP contribution in [-0.4, -0.2) is 19.5 Å². The van der Waals surface area contributed by atoms with Gasteiger partial charge in [-0.25, -0.2) is 0 Å². The van der Waals surface area contributed by atoms with Crippen LogP contribution in [0.1, 0.15) is 23.6 Å². The predicted octanol–water partition coefficient (Wildman–Crippen LogP) is 10.4. The average molecular weight is 618 g/mol. The van der Waals surface area contributed by atoms with E-state index in [-0.39, 0.29) is 10.6 Å². The summed E-state index contributed by atoms with van der Waals surface area (Å²) in [5.41, 5.74) is 12.5. The summed E-state index contributed by atoms with van der Waals surface area (Å²) in [6, 6.07) is 41.8. The summed E-state index contributed by atoms with van der Waals surface area (Å²) in [7, 11) is 0. The molecule has 3 heterocycles. The third-order valence-electron chi connectivity index (χ3n) is 9.91. The van der Waals surface area contributed by atoms with Crippen LogP contribution in [0.4, 0.5) is 0 Å². The van der Waals surface area contributed by atoms with Crippen molar-refractivity contribution in [3.8, 4) is 39.3 Å². The maximum Gasteiger partial charge on any atom is 0.227 e. The number of hydrogen-bond acceptors (Lipinski definition) is 3. The van der Waals surface area contributed by atoms with Crippen LogP contribution in [0.2, 0.25) is 10.6 Å². The summed E-state index contributed by atoms with van der Waals surface area (Å²) in [5, 5.41) is 4.76. The lowest BCUT2D eigenvalue weighted by atomic mass is 9.73. The topological polar surface area (TPSA) is 43.6 Å². The molecule has 2 aliphatic rings. The number of rotatable bonds is 2. The minimum Gasteiger partial charge on any atom is -0.308 e. The SMILES string of the molecule is CC1(c2ccc3ccccc3c2)c2cccc3c2-c2c1cc(-c1nc(Cl)nc(Cl)n1)c1c4ccccc4n(c21)-c1ccccc1-3. The minimum absolute atomic E-state index is 0.0694. The summed E-state index contributed by atoms with van der Waals surface area (Å²) >= 11 is 12.8. The molecule has 212 valence electrons. The maximum atomic E-state index is 6.42. The van der Waals surface area contributed by atoms with Gasteiger partial charge in [0, 0.05) is 32.9 Å². The minimum atomic E-state index is -0.470. The Bertz CT molecular complexity index is 2580. The fraction of sp³-hybridized carbons (Fsp3) is 0.0513. The van der Waals surface area contributed by atoms with Gasteiger partial charge < -0.3 is 4.57 Å². The fourth-order valence-electron chi connectivity index (χ4n) is 8.00. The van der Waals surface area contributed by atoms with Crippen molar-refractivity contribution in [2.24, 2.45) is 0 Å². The molecule has 1 aliphatic heterocycles. The molecule has 8 aromatic rings. The summed E-state index contributed by atoms with van der Waals surface area (Å²) < 4.78 is 2.43. The van der Waals surface area contributed by atoms with E-state index >= 15 is 0 Å². The van der Waals surface area contributed by atoms with Gasteiger partial charge in [0.15, 0.2) is 5.82 Å². The Hall–Kier alpha value is -5.03. The highest BCUT2D eigenvalue weighted by molar-refractivity contribution is 6.31. The second kappa shape index (κ2) is 8.79. The lowest BCUT2D eigenvalue weighted by molar-refractivity contribution is 0.715. The summed E-state index contributed by atoms with van der Waals surface area (Å²) in [4.78, 5) is 13.4. The molecule has 0 saturated carbocycles. The van der Waals surface area contributed by atoms with E-state index in [4.69, 9.17) is 23.2 Å². The van der Waals surface area contributed by atoms with Gasteiger partial charge >= 0.3 is 0 Å². The first-order valence-corrected chi connectivity index (χ1v) is 15.7. The normalized spacial score (nSPS) is 16.0. The van der Waals surface area contributed by atoms with E-state index in [1.807, 2.05) is 0 Å². The summed E-state index contributed by atoms with van der Waals surface area (Å²) in [6.07, 6.45) is 0. The molecule has 0 spiro atoms. The van der Waals surface area contributed by atoms with Crippen LogP contribution in [0.25, 0.3) is 71.9 Å². The first-order valence-electron chi connectivity index (χ1n) is 14.9. The average Bonchev–Trinajstić information content (AvgIpc) is 3.49. The fourth-order valence-corrected chi connectivity index (χ4v) is 8.36. The lowest BCUT2D eigenvalue weighted by Crippen LogP contribution is -2.22.